The maximum absolute atomic E-state index is 3.35. The van der Waals surface area contributed by atoms with Crippen LogP contribution in [0.5, 0.6) is 0 Å². The Balaban J connectivity index is 2.33. The number of nitrogens with one attached hydrogen (secondary N) is 1. The first-order valence-electron chi connectivity index (χ1n) is 4.41. The largest absolute Gasteiger partial charge is 0.317 e. The van der Waals surface area contributed by atoms with Crippen LogP contribution < -0.4 is 5.32 Å². The van der Waals surface area contributed by atoms with Gasteiger partial charge >= 0.3 is 0 Å². The first kappa shape index (κ1) is 8.06. The molecule has 0 saturated heterocycles. The summed E-state index contributed by atoms with van der Waals surface area (Å²) in [6.45, 7) is 4.74. The molecule has 1 nitrogen and oxygen atoms in total. The molecule has 0 radical (unpaired) electrons. The number of hydrogen-bond acceptors (Lipinski definition) is 1. The van der Waals surface area contributed by atoms with Crippen molar-refractivity contribution < 1.29 is 0 Å². The van der Waals surface area contributed by atoms with Gasteiger partial charge in [0.15, 0.2) is 0 Å². The van der Waals surface area contributed by atoms with Crippen molar-refractivity contribution in [3.05, 3.63) is 0 Å². The van der Waals surface area contributed by atoms with Gasteiger partial charge in [-0.3, -0.25) is 0 Å². The lowest BCUT2D eigenvalue weighted by molar-refractivity contribution is 0.233. The van der Waals surface area contributed by atoms with Crippen LogP contribution >= 0.6 is 0 Å². The Morgan fingerprint density at radius 1 is 1.10 bits per heavy atom. The van der Waals surface area contributed by atoms with Gasteiger partial charge in [0.05, 0.1) is 0 Å². The third-order valence-corrected chi connectivity index (χ3v) is 3.01. The molecular formula is C9H19N. The summed E-state index contributed by atoms with van der Waals surface area (Å²) in [4.78, 5) is 0. The van der Waals surface area contributed by atoms with Crippen molar-refractivity contribution in [2.45, 2.75) is 39.2 Å². The molecule has 0 aromatic rings. The summed E-state index contributed by atoms with van der Waals surface area (Å²) in [7, 11) is 2.08. The molecule has 3 atom stereocenters. The summed E-state index contributed by atoms with van der Waals surface area (Å²) in [6.07, 6.45) is 4.16. The van der Waals surface area contributed by atoms with E-state index in [4.69, 9.17) is 0 Å². The molecule has 1 aliphatic rings. The van der Waals surface area contributed by atoms with Crippen molar-refractivity contribution in [3.8, 4) is 0 Å². The normalized spacial score (nSPS) is 41.7. The van der Waals surface area contributed by atoms with Gasteiger partial charge < -0.3 is 5.32 Å². The highest BCUT2D eigenvalue weighted by atomic mass is 14.9. The lowest BCUT2D eigenvalue weighted by atomic mass is 9.79. The van der Waals surface area contributed by atoms with Crippen LogP contribution in [0.1, 0.15) is 33.1 Å². The molecule has 1 saturated carbocycles. The number of hydrogen-bond donors (Lipinski definition) is 1. The van der Waals surface area contributed by atoms with Gasteiger partial charge in [-0.1, -0.05) is 13.8 Å². The monoisotopic (exact) mass is 141 g/mol. The average Bonchev–Trinajstić information content (AvgIpc) is 1.95. The molecule has 0 unspecified atom stereocenters. The smallest absolute Gasteiger partial charge is 0.00668 e. The molecule has 1 aliphatic carbocycles. The van der Waals surface area contributed by atoms with Gasteiger partial charge in [0.2, 0.25) is 0 Å². The van der Waals surface area contributed by atoms with Crippen molar-refractivity contribution >= 4 is 0 Å². The maximum Gasteiger partial charge on any atom is 0.00668 e. The summed E-state index contributed by atoms with van der Waals surface area (Å²) in [6, 6.07) is 0.797. The van der Waals surface area contributed by atoms with Crippen LogP contribution in [0.2, 0.25) is 0 Å². The molecule has 60 valence electrons. The molecule has 1 rings (SSSR count). The minimum atomic E-state index is 0.797. The van der Waals surface area contributed by atoms with Gasteiger partial charge in [-0.2, -0.15) is 0 Å². The van der Waals surface area contributed by atoms with E-state index in [-0.39, 0.29) is 0 Å². The Hall–Kier alpha value is -0.0400. The third-order valence-electron chi connectivity index (χ3n) is 3.01. The molecule has 1 heteroatoms. The Morgan fingerprint density at radius 3 is 2.30 bits per heavy atom. The Morgan fingerprint density at radius 2 is 1.80 bits per heavy atom. The molecule has 1 N–H and O–H groups in total. The van der Waals surface area contributed by atoms with Gasteiger partial charge in [0.25, 0.3) is 0 Å². The second-order valence-electron chi connectivity index (χ2n) is 3.75. The summed E-state index contributed by atoms with van der Waals surface area (Å²) in [5.74, 6) is 1.87. The van der Waals surface area contributed by atoms with Crippen molar-refractivity contribution in [2.24, 2.45) is 11.8 Å². The van der Waals surface area contributed by atoms with Crippen molar-refractivity contribution in [3.63, 3.8) is 0 Å². The molecule has 0 amide bonds. The second kappa shape index (κ2) is 3.38. The third kappa shape index (κ3) is 1.72. The van der Waals surface area contributed by atoms with E-state index < -0.39 is 0 Å². The van der Waals surface area contributed by atoms with Gasteiger partial charge in [-0.25, -0.2) is 0 Å². The van der Waals surface area contributed by atoms with E-state index in [1.807, 2.05) is 0 Å². The minimum Gasteiger partial charge on any atom is -0.317 e. The fraction of sp³-hybridized carbons (Fsp3) is 1.00. The van der Waals surface area contributed by atoms with Gasteiger partial charge in [0.1, 0.15) is 0 Å². The molecule has 0 aromatic carbocycles. The maximum atomic E-state index is 3.35. The van der Waals surface area contributed by atoms with Crippen LogP contribution in [0.15, 0.2) is 0 Å². The lowest BCUT2D eigenvalue weighted by Crippen LogP contribution is -2.33. The van der Waals surface area contributed by atoms with Gasteiger partial charge in [0, 0.05) is 6.04 Å². The predicted octanol–water partition coefficient (Wildman–Crippen LogP) is 2.03. The highest BCUT2D eigenvalue weighted by Crippen LogP contribution is 2.28. The first-order valence-corrected chi connectivity index (χ1v) is 4.41. The van der Waals surface area contributed by atoms with Crippen LogP contribution in [0.4, 0.5) is 0 Å². The van der Waals surface area contributed by atoms with Gasteiger partial charge in [-0.05, 0) is 38.1 Å². The molecule has 0 aliphatic heterocycles. The summed E-state index contributed by atoms with van der Waals surface area (Å²) >= 11 is 0. The Bertz CT molecular complexity index is 101. The molecule has 0 aromatic heterocycles. The first-order chi connectivity index (χ1) is 4.74. The SMILES string of the molecule is CN[C@@H]1CC[C@@H](C)[C@@H](C)C1. The molecular weight excluding hydrogens is 122 g/mol. The van der Waals surface area contributed by atoms with Crippen LogP contribution in [-0.4, -0.2) is 13.1 Å². The van der Waals surface area contributed by atoms with E-state index >= 15 is 0 Å². The van der Waals surface area contributed by atoms with E-state index in [0.29, 0.717) is 0 Å². The van der Waals surface area contributed by atoms with Crippen LogP contribution in [0.25, 0.3) is 0 Å². The zero-order chi connectivity index (χ0) is 7.56. The van der Waals surface area contributed by atoms with Crippen LogP contribution in [0, 0.1) is 11.8 Å². The summed E-state index contributed by atoms with van der Waals surface area (Å²) < 4.78 is 0. The second-order valence-corrected chi connectivity index (χ2v) is 3.75. The summed E-state index contributed by atoms with van der Waals surface area (Å²) in [5, 5.41) is 3.35. The van der Waals surface area contributed by atoms with Crippen molar-refractivity contribution in [1.29, 1.82) is 0 Å². The van der Waals surface area contributed by atoms with E-state index in [0.717, 1.165) is 17.9 Å². The molecule has 0 spiro atoms. The topological polar surface area (TPSA) is 12.0 Å². The lowest BCUT2D eigenvalue weighted by Gasteiger charge is -2.31. The molecule has 0 bridgehead atoms. The minimum absolute atomic E-state index is 0.797. The fourth-order valence-corrected chi connectivity index (χ4v) is 1.81. The van der Waals surface area contributed by atoms with E-state index in [9.17, 15) is 0 Å². The van der Waals surface area contributed by atoms with Crippen molar-refractivity contribution in [1.82, 2.24) is 5.32 Å². The van der Waals surface area contributed by atoms with Crippen LogP contribution in [-0.2, 0) is 0 Å². The summed E-state index contributed by atoms with van der Waals surface area (Å²) in [5.41, 5.74) is 0. The average molecular weight is 141 g/mol. The molecule has 10 heavy (non-hydrogen) atoms. The standard InChI is InChI=1S/C9H19N/c1-7-4-5-9(10-3)6-8(7)2/h7-10H,4-6H2,1-3H3/t7-,8+,9-/m1/s1. The quantitative estimate of drug-likeness (QED) is 0.589. The van der Waals surface area contributed by atoms with E-state index in [2.05, 4.69) is 26.2 Å². The van der Waals surface area contributed by atoms with Gasteiger partial charge in [-0.15, -0.1) is 0 Å². The Labute approximate surface area is 64.2 Å². The molecule has 0 heterocycles. The molecule has 1 fully saturated rings. The van der Waals surface area contributed by atoms with Crippen molar-refractivity contribution in [2.75, 3.05) is 7.05 Å². The fourth-order valence-electron chi connectivity index (χ4n) is 1.81. The Kier molecular flexibility index (Phi) is 2.72. The van der Waals surface area contributed by atoms with E-state index in [1.54, 1.807) is 0 Å². The number of rotatable bonds is 1. The predicted molar refractivity (Wildman–Crippen MR) is 45.0 cm³/mol. The van der Waals surface area contributed by atoms with Crippen LogP contribution in [0.3, 0.4) is 0 Å². The van der Waals surface area contributed by atoms with E-state index in [1.165, 1.54) is 19.3 Å². The zero-order valence-corrected chi connectivity index (χ0v) is 7.35. The highest BCUT2D eigenvalue weighted by Gasteiger charge is 2.22. The highest BCUT2D eigenvalue weighted by molar-refractivity contribution is 4.78. The zero-order valence-electron chi connectivity index (χ0n) is 7.35.